The molecule has 0 aliphatic rings. The van der Waals surface area contributed by atoms with E-state index >= 15 is 0 Å². The van der Waals surface area contributed by atoms with E-state index in [-0.39, 0.29) is 11.0 Å². The average molecular weight is 361 g/mol. The van der Waals surface area contributed by atoms with Crippen molar-refractivity contribution in [1.29, 1.82) is 0 Å². The molecule has 0 spiro atoms. The van der Waals surface area contributed by atoms with E-state index in [9.17, 15) is 0 Å². The van der Waals surface area contributed by atoms with E-state index in [4.69, 9.17) is 9.16 Å². The normalized spacial score (nSPS) is 11.4. The molecule has 3 aromatic rings. The maximum atomic E-state index is 6.17. The van der Waals surface area contributed by atoms with E-state index in [0.717, 1.165) is 11.5 Å². The Kier molecular flexibility index (Phi) is 5.79. The maximum absolute atomic E-state index is 6.17. The van der Waals surface area contributed by atoms with Gasteiger partial charge in [0.05, 0.1) is 7.11 Å². The first-order valence-electron chi connectivity index (χ1n) is 8.78. The average Bonchev–Trinajstić information content (AvgIpc) is 2.68. The van der Waals surface area contributed by atoms with E-state index in [1.807, 2.05) is 24.3 Å². The van der Waals surface area contributed by atoms with Gasteiger partial charge in [-0.15, -0.1) is 0 Å². The molecule has 26 heavy (non-hydrogen) atoms. The zero-order valence-electron chi connectivity index (χ0n) is 15.5. The third-order valence-electron chi connectivity index (χ3n) is 4.48. The van der Waals surface area contributed by atoms with Crippen LogP contribution in [0.2, 0.25) is 5.04 Å². The van der Waals surface area contributed by atoms with Crippen LogP contribution in [0.1, 0.15) is 30.9 Å². The molecule has 132 valence electrons. The van der Waals surface area contributed by atoms with Crippen LogP contribution in [0.25, 0.3) is 0 Å². The molecule has 0 amide bonds. The number of methoxy groups -OCH3 is 1. The standard InChI is InChI=1S/C23H24O2Si/c1-23(2,26-25-21-16-14-20(24-3)15-17-21)22(18-10-6-4-7-11-18)19-12-8-5-9-13-19/h4-17,22H,1-3H3. The largest absolute Gasteiger partial charge is 0.540 e. The Balaban J connectivity index is 1.84. The highest BCUT2D eigenvalue weighted by molar-refractivity contribution is 6.33. The highest BCUT2D eigenvalue weighted by Gasteiger charge is 2.35. The Morgan fingerprint density at radius 2 is 1.15 bits per heavy atom. The molecule has 0 aliphatic carbocycles. The first kappa shape index (κ1) is 18.3. The predicted octanol–water partition coefficient (Wildman–Crippen LogP) is 5.72. The summed E-state index contributed by atoms with van der Waals surface area (Å²) in [6.07, 6.45) is 0. The van der Waals surface area contributed by atoms with Crippen molar-refractivity contribution < 1.29 is 9.16 Å². The van der Waals surface area contributed by atoms with E-state index in [0.29, 0.717) is 9.76 Å². The van der Waals surface area contributed by atoms with Gasteiger partial charge < -0.3 is 9.16 Å². The van der Waals surface area contributed by atoms with Gasteiger partial charge in [0.2, 0.25) is 0 Å². The molecule has 2 nitrogen and oxygen atoms in total. The van der Waals surface area contributed by atoms with Crippen LogP contribution in [-0.4, -0.2) is 16.9 Å². The fourth-order valence-corrected chi connectivity index (χ4v) is 4.18. The Morgan fingerprint density at radius 1 is 0.692 bits per heavy atom. The summed E-state index contributed by atoms with van der Waals surface area (Å²) >= 11 is 0. The molecule has 3 rings (SSSR count). The number of benzene rings is 3. The first-order chi connectivity index (χ1) is 12.6. The molecule has 0 atom stereocenters. The smallest absolute Gasteiger partial charge is 0.318 e. The number of ether oxygens (including phenoxy) is 1. The van der Waals surface area contributed by atoms with Crippen molar-refractivity contribution in [2.75, 3.05) is 7.11 Å². The summed E-state index contributed by atoms with van der Waals surface area (Å²) in [5, 5.41) is -0.0529. The third kappa shape index (κ3) is 4.35. The zero-order chi connectivity index (χ0) is 18.4. The highest BCUT2D eigenvalue weighted by atomic mass is 28.2. The SMILES string of the molecule is COc1ccc(O[Si]C(C)(C)C(c2ccccc2)c2ccccc2)cc1. The highest BCUT2D eigenvalue weighted by Crippen LogP contribution is 2.45. The van der Waals surface area contributed by atoms with Crippen LogP contribution in [0.15, 0.2) is 84.9 Å². The lowest BCUT2D eigenvalue weighted by atomic mass is 9.82. The van der Waals surface area contributed by atoms with Gasteiger partial charge in [0, 0.05) is 11.0 Å². The van der Waals surface area contributed by atoms with Crippen molar-refractivity contribution in [2.24, 2.45) is 0 Å². The molecular weight excluding hydrogens is 336 g/mol. The van der Waals surface area contributed by atoms with Crippen LogP contribution >= 0.6 is 0 Å². The monoisotopic (exact) mass is 360 g/mol. The Bertz CT molecular complexity index is 759. The molecule has 0 saturated carbocycles. The van der Waals surface area contributed by atoms with Crippen molar-refractivity contribution in [3.05, 3.63) is 96.1 Å². The minimum absolute atomic E-state index is 0.0529. The van der Waals surface area contributed by atoms with E-state index in [1.165, 1.54) is 11.1 Å². The molecule has 0 heterocycles. The summed E-state index contributed by atoms with van der Waals surface area (Å²) in [5.41, 5.74) is 2.63. The Labute approximate surface area is 158 Å². The van der Waals surface area contributed by atoms with Crippen molar-refractivity contribution in [1.82, 2.24) is 0 Å². The van der Waals surface area contributed by atoms with Crippen molar-refractivity contribution in [2.45, 2.75) is 24.8 Å². The van der Waals surface area contributed by atoms with Crippen molar-refractivity contribution >= 4 is 9.76 Å². The van der Waals surface area contributed by atoms with Gasteiger partial charge in [-0.3, -0.25) is 0 Å². The molecule has 0 aromatic heterocycles. The summed E-state index contributed by atoms with van der Waals surface area (Å²) in [7, 11) is 2.00. The van der Waals surface area contributed by atoms with Gasteiger partial charge in [-0.2, -0.15) is 0 Å². The molecule has 0 fully saturated rings. The predicted molar refractivity (Wildman–Crippen MR) is 108 cm³/mol. The Hall–Kier alpha value is -2.52. The lowest BCUT2D eigenvalue weighted by molar-refractivity contribution is 0.413. The van der Waals surface area contributed by atoms with E-state index < -0.39 is 0 Å². The number of hydrogen-bond acceptors (Lipinski definition) is 2. The van der Waals surface area contributed by atoms with Crippen molar-refractivity contribution in [3.63, 3.8) is 0 Å². The molecule has 0 unspecified atom stereocenters. The van der Waals surface area contributed by atoms with Crippen LogP contribution in [0.4, 0.5) is 0 Å². The lowest BCUT2D eigenvalue weighted by Gasteiger charge is -2.33. The molecule has 3 heteroatoms. The van der Waals surface area contributed by atoms with Gasteiger partial charge in [-0.25, -0.2) is 0 Å². The summed E-state index contributed by atoms with van der Waals surface area (Å²) in [4.78, 5) is 0. The quantitative estimate of drug-likeness (QED) is 0.501. The maximum Gasteiger partial charge on any atom is 0.318 e. The summed E-state index contributed by atoms with van der Waals surface area (Å²) in [6, 6.07) is 29.2. The molecule has 3 aromatic carbocycles. The van der Waals surface area contributed by atoms with Gasteiger partial charge in [0.1, 0.15) is 11.5 Å². The topological polar surface area (TPSA) is 18.5 Å². The molecule has 2 radical (unpaired) electrons. The van der Waals surface area contributed by atoms with Gasteiger partial charge in [0.15, 0.2) is 0 Å². The Morgan fingerprint density at radius 3 is 1.62 bits per heavy atom. The van der Waals surface area contributed by atoms with Crippen LogP contribution < -0.4 is 9.16 Å². The fraction of sp³-hybridized carbons (Fsp3) is 0.217. The minimum Gasteiger partial charge on any atom is -0.540 e. The van der Waals surface area contributed by atoms with Crippen LogP contribution in [0.5, 0.6) is 11.5 Å². The molecule has 0 bridgehead atoms. The van der Waals surface area contributed by atoms with Crippen LogP contribution in [0.3, 0.4) is 0 Å². The van der Waals surface area contributed by atoms with Gasteiger partial charge in [-0.1, -0.05) is 74.5 Å². The molecule has 0 N–H and O–H groups in total. The first-order valence-corrected chi connectivity index (χ1v) is 9.69. The van der Waals surface area contributed by atoms with Crippen LogP contribution in [-0.2, 0) is 0 Å². The number of hydrogen-bond donors (Lipinski definition) is 0. The second kappa shape index (κ2) is 8.24. The van der Waals surface area contributed by atoms with E-state index in [1.54, 1.807) is 7.11 Å². The number of rotatable bonds is 7. The van der Waals surface area contributed by atoms with E-state index in [2.05, 4.69) is 74.5 Å². The summed E-state index contributed by atoms with van der Waals surface area (Å²) in [6.45, 7) is 4.55. The van der Waals surface area contributed by atoms with Gasteiger partial charge >= 0.3 is 9.76 Å². The molecule has 0 saturated heterocycles. The minimum atomic E-state index is -0.0529. The second-order valence-electron chi connectivity index (χ2n) is 6.86. The molecule has 0 aliphatic heterocycles. The zero-order valence-corrected chi connectivity index (χ0v) is 16.5. The fourth-order valence-electron chi connectivity index (χ4n) is 3.21. The lowest BCUT2D eigenvalue weighted by Crippen LogP contribution is -2.27. The van der Waals surface area contributed by atoms with Crippen molar-refractivity contribution in [3.8, 4) is 11.5 Å². The van der Waals surface area contributed by atoms with Crippen LogP contribution in [0, 0.1) is 0 Å². The second-order valence-corrected chi connectivity index (χ2v) is 8.55. The summed E-state index contributed by atoms with van der Waals surface area (Å²) in [5.74, 6) is 1.98. The summed E-state index contributed by atoms with van der Waals surface area (Å²) < 4.78 is 11.4. The molecular formula is C23H24O2Si. The third-order valence-corrected chi connectivity index (χ3v) is 5.63. The van der Waals surface area contributed by atoms with Gasteiger partial charge in [0.25, 0.3) is 0 Å². The van der Waals surface area contributed by atoms with Gasteiger partial charge in [-0.05, 0) is 35.4 Å².